The third-order valence-electron chi connectivity index (χ3n) is 1.45. The first kappa shape index (κ1) is 12.6. The third-order valence-corrected chi connectivity index (χ3v) is 2.27. The molecule has 0 aliphatic heterocycles. The van der Waals surface area contributed by atoms with Crippen LogP contribution >= 0.6 is 11.8 Å². The van der Waals surface area contributed by atoms with Crippen LogP contribution in [0.1, 0.15) is 20.8 Å². The van der Waals surface area contributed by atoms with Gasteiger partial charge in [0.05, 0.1) is 12.0 Å². The van der Waals surface area contributed by atoms with Crippen LogP contribution in [0.3, 0.4) is 0 Å². The maximum absolute atomic E-state index is 11.1. The predicted molar refractivity (Wildman–Crippen MR) is 57.8 cm³/mol. The molecule has 0 saturated heterocycles. The van der Waals surface area contributed by atoms with Crippen LogP contribution in [0.25, 0.3) is 0 Å². The Hall–Kier alpha value is -0.420. The first-order chi connectivity index (χ1) is 6.06. The lowest BCUT2D eigenvalue weighted by atomic mass is 10.4. The van der Waals surface area contributed by atoms with E-state index in [9.17, 15) is 4.79 Å². The summed E-state index contributed by atoms with van der Waals surface area (Å²) in [4.78, 5) is 11.1. The van der Waals surface area contributed by atoms with Gasteiger partial charge in [-0.3, -0.25) is 5.32 Å². The Balaban J connectivity index is 3.41. The van der Waals surface area contributed by atoms with Crippen molar-refractivity contribution >= 4 is 17.8 Å². The maximum atomic E-state index is 11.1. The van der Waals surface area contributed by atoms with Crippen LogP contribution in [0.4, 0.5) is 4.79 Å². The third kappa shape index (κ3) is 7.93. The van der Waals surface area contributed by atoms with E-state index in [1.165, 1.54) is 0 Å². The second kappa shape index (κ2) is 7.03. The highest BCUT2D eigenvalue weighted by atomic mass is 32.2. The lowest BCUT2D eigenvalue weighted by Crippen LogP contribution is -2.44. The molecule has 78 valence electrons. The first-order valence-corrected chi connectivity index (χ1v) is 5.65. The summed E-state index contributed by atoms with van der Waals surface area (Å²) in [5.74, 6) is 0. The number of urea groups is 1. The molecule has 1 unspecified atom stereocenters. The fraction of sp³-hybridized carbons (Fsp3) is 0.875. The Morgan fingerprint density at radius 3 is 2.46 bits per heavy atom. The summed E-state index contributed by atoms with van der Waals surface area (Å²) in [7, 11) is 0. The van der Waals surface area contributed by atoms with Gasteiger partial charge in [-0.1, -0.05) is 0 Å². The van der Waals surface area contributed by atoms with Gasteiger partial charge in [0, 0.05) is 6.04 Å². The Bertz CT molecular complexity index is 152. The van der Waals surface area contributed by atoms with Crippen molar-refractivity contribution < 1.29 is 4.79 Å². The topological polar surface area (TPSA) is 53.2 Å². The van der Waals surface area contributed by atoms with E-state index in [2.05, 4.69) is 16.0 Å². The van der Waals surface area contributed by atoms with Crippen molar-refractivity contribution in [3.8, 4) is 0 Å². The quantitative estimate of drug-likeness (QED) is 0.586. The molecule has 2 amide bonds. The number of amides is 2. The lowest BCUT2D eigenvalue weighted by Gasteiger charge is -2.13. The molecule has 0 heterocycles. The highest BCUT2D eigenvalue weighted by Crippen LogP contribution is 1.99. The smallest absolute Gasteiger partial charge is 0.316 e. The van der Waals surface area contributed by atoms with E-state index in [1.807, 2.05) is 27.0 Å². The van der Waals surface area contributed by atoms with Crippen LogP contribution in [-0.2, 0) is 0 Å². The van der Waals surface area contributed by atoms with Crippen molar-refractivity contribution in [1.29, 1.82) is 0 Å². The molecule has 13 heavy (non-hydrogen) atoms. The summed E-state index contributed by atoms with van der Waals surface area (Å²) < 4.78 is 0. The zero-order valence-electron chi connectivity index (χ0n) is 8.68. The van der Waals surface area contributed by atoms with E-state index < -0.39 is 0 Å². The van der Waals surface area contributed by atoms with Crippen molar-refractivity contribution in [2.24, 2.45) is 0 Å². The van der Waals surface area contributed by atoms with Crippen molar-refractivity contribution in [3.63, 3.8) is 0 Å². The summed E-state index contributed by atoms with van der Waals surface area (Å²) in [5, 5.41) is 8.72. The number of carbonyl (C=O) groups is 1. The molecule has 1 atom stereocenters. The van der Waals surface area contributed by atoms with Gasteiger partial charge in [-0.2, -0.15) is 0 Å². The number of rotatable bonds is 5. The molecular weight excluding hydrogens is 186 g/mol. The van der Waals surface area contributed by atoms with E-state index >= 15 is 0 Å². The molecule has 5 heteroatoms. The van der Waals surface area contributed by atoms with Crippen LogP contribution in [0.2, 0.25) is 0 Å². The Kier molecular flexibility index (Phi) is 6.80. The van der Waals surface area contributed by atoms with Gasteiger partial charge in [0.15, 0.2) is 0 Å². The normalized spacial score (nSPS) is 12.7. The molecule has 0 fully saturated rings. The molecule has 0 aliphatic carbocycles. The van der Waals surface area contributed by atoms with Gasteiger partial charge in [-0.25, -0.2) is 4.79 Å². The minimum atomic E-state index is -0.130. The van der Waals surface area contributed by atoms with Gasteiger partial charge in [0.1, 0.15) is 0 Å². The lowest BCUT2D eigenvalue weighted by molar-refractivity contribution is 0.239. The molecular formula is C8H19N3OS. The molecule has 0 aliphatic rings. The van der Waals surface area contributed by atoms with Crippen LogP contribution in [0.15, 0.2) is 0 Å². The van der Waals surface area contributed by atoms with Gasteiger partial charge >= 0.3 is 6.03 Å². The Labute approximate surface area is 84.2 Å². The van der Waals surface area contributed by atoms with Crippen LogP contribution in [0, 0.1) is 0 Å². The first-order valence-electron chi connectivity index (χ1n) is 4.36. The van der Waals surface area contributed by atoms with E-state index in [0.717, 1.165) is 0 Å². The summed E-state index contributed by atoms with van der Waals surface area (Å²) in [6.45, 7) is 6.51. The van der Waals surface area contributed by atoms with Gasteiger partial charge in [0.2, 0.25) is 0 Å². The van der Waals surface area contributed by atoms with Gasteiger partial charge in [-0.15, -0.1) is 11.8 Å². The average Bonchev–Trinajstić information content (AvgIpc) is 2.03. The van der Waals surface area contributed by atoms with Crippen molar-refractivity contribution in [1.82, 2.24) is 16.0 Å². The molecule has 4 nitrogen and oxygen atoms in total. The van der Waals surface area contributed by atoms with Crippen LogP contribution in [-0.4, -0.2) is 30.4 Å². The molecule has 0 rings (SSSR count). The molecule has 0 spiro atoms. The maximum Gasteiger partial charge on any atom is 0.316 e. The molecule has 0 saturated carbocycles. The number of hydrogen-bond acceptors (Lipinski definition) is 3. The fourth-order valence-electron chi connectivity index (χ4n) is 0.630. The largest absolute Gasteiger partial charge is 0.327 e. The van der Waals surface area contributed by atoms with Gasteiger partial charge in [-0.05, 0) is 27.0 Å². The molecule has 3 N–H and O–H groups in total. The van der Waals surface area contributed by atoms with E-state index in [1.54, 1.807) is 11.8 Å². The van der Waals surface area contributed by atoms with Gasteiger partial charge in [0.25, 0.3) is 0 Å². The highest BCUT2D eigenvalue weighted by Gasteiger charge is 2.03. The zero-order valence-corrected chi connectivity index (χ0v) is 9.49. The molecule has 0 aromatic carbocycles. The van der Waals surface area contributed by atoms with Crippen molar-refractivity contribution in [2.45, 2.75) is 32.2 Å². The molecule has 0 aromatic rings. The minimum Gasteiger partial charge on any atom is -0.327 e. The number of nitrogens with one attached hydrogen (secondary N) is 3. The minimum absolute atomic E-state index is 0.130. The highest BCUT2D eigenvalue weighted by molar-refractivity contribution is 7.99. The summed E-state index contributed by atoms with van der Waals surface area (Å²) in [6, 6.07) is 0.258. The molecule has 0 radical (unpaired) electrons. The summed E-state index contributed by atoms with van der Waals surface area (Å²) >= 11 is 1.60. The van der Waals surface area contributed by atoms with Crippen LogP contribution in [0.5, 0.6) is 0 Å². The summed E-state index contributed by atoms with van der Waals surface area (Å²) in [6.07, 6.45) is 1.96. The standard InChI is InChI=1S/C8H19N3OS/c1-6(2)9-5-10-8(12)11-7(3)13-4/h6-7,9H,5H2,1-4H3,(H2,10,11,12). The van der Waals surface area contributed by atoms with Gasteiger partial charge < -0.3 is 10.6 Å². The van der Waals surface area contributed by atoms with E-state index in [0.29, 0.717) is 12.7 Å². The fourth-order valence-corrected chi connectivity index (χ4v) is 0.855. The zero-order chi connectivity index (χ0) is 10.3. The second-order valence-corrected chi connectivity index (χ2v) is 4.24. The predicted octanol–water partition coefficient (Wildman–Crippen LogP) is 0.950. The molecule has 0 aromatic heterocycles. The summed E-state index contributed by atoms with van der Waals surface area (Å²) in [5.41, 5.74) is 0. The number of thioether (sulfide) groups is 1. The Morgan fingerprint density at radius 2 is 2.00 bits per heavy atom. The number of hydrogen-bond donors (Lipinski definition) is 3. The number of carbonyl (C=O) groups excluding carboxylic acids is 1. The van der Waals surface area contributed by atoms with Crippen molar-refractivity contribution in [3.05, 3.63) is 0 Å². The van der Waals surface area contributed by atoms with E-state index in [-0.39, 0.29) is 11.4 Å². The van der Waals surface area contributed by atoms with Crippen LogP contribution < -0.4 is 16.0 Å². The SMILES string of the molecule is CSC(C)NC(=O)NCNC(C)C. The average molecular weight is 205 g/mol. The van der Waals surface area contributed by atoms with Crippen molar-refractivity contribution in [2.75, 3.05) is 12.9 Å². The second-order valence-electron chi connectivity index (χ2n) is 3.06. The Morgan fingerprint density at radius 1 is 1.38 bits per heavy atom. The monoisotopic (exact) mass is 205 g/mol. The molecule has 0 bridgehead atoms. The van der Waals surface area contributed by atoms with E-state index in [4.69, 9.17) is 0 Å².